The Labute approximate surface area is 187 Å². The molecule has 1 amide bonds. The summed E-state index contributed by atoms with van der Waals surface area (Å²) in [6.07, 6.45) is -4.43. The van der Waals surface area contributed by atoms with Gasteiger partial charge in [-0.15, -0.1) is 0 Å². The number of carbonyl (C=O) groups excluding carboxylic acids is 4. The van der Waals surface area contributed by atoms with Gasteiger partial charge < -0.3 is 38.5 Å². The van der Waals surface area contributed by atoms with Gasteiger partial charge in [-0.05, 0) is 6.92 Å². The Hall–Kier alpha value is -2.28. The van der Waals surface area contributed by atoms with E-state index in [1.807, 2.05) is 6.92 Å². The zero-order chi connectivity index (χ0) is 24.1. The Balaban J connectivity index is 3.01. The summed E-state index contributed by atoms with van der Waals surface area (Å²) in [6, 6.07) is -1.00. The molecule has 1 N–H and O–H groups in total. The van der Waals surface area contributed by atoms with Crippen LogP contribution in [0.15, 0.2) is 0 Å². The molecule has 0 bridgehead atoms. The first-order valence-corrected chi connectivity index (χ1v) is 10.3. The lowest BCUT2D eigenvalue weighted by molar-refractivity contribution is -0.279. The maximum atomic E-state index is 11.8. The molecule has 12 nitrogen and oxygen atoms in total. The van der Waals surface area contributed by atoms with E-state index in [4.69, 9.17) is 33.2 Å². The van der Waals surface area contributed by atoms with E-state index in [2.05, 4.69) is 5.32 Å². The van der Waals surface area contributed by atoms with Crippen molar-refractivity contribution in [1.82, 2.24) is 5.32 Å². The maximum Gasteiger partial charge on any atom is 0.303 e. The second-order valence-corrected chi connectivity index (χ2v) is 6.90. The number of carbonyl (C=O) groups is 4. The van der Waals surface area contributed by atoms with Crippen molar-refractivity contribution in [2.75, 3.05) is 39.6 Å². The quantitative estimate of drug-likeness (QED) is 0.218. The van der Waals surface area contributed by atoms with Crippen molar-refractivity contribution in [1.29, 1.82) is 0 Å². The van der Waals surface area contributed by atoms with Crippen molar-refractivity contribution >= 4 is 23.8 Å². The van der Waals surface area contributed by atoms with Crippen molar-refractivity contribution in [3.05, 3.63) is 0 Å². The Bertz CT molecular complexity index is 627. The third kappa shape index (κ3) is 10.4. The molecule has 12 heteroatoms. The molecule has 1 aliphatic rings. The predicted octanol–water partition coefficient (Wildman–Crippen LogP) is -0.288. The molecular weight excluding hydrogens is 430 g/mol. The number of rotatable bonds is 13. The molecule has 0 saturated carbocycles. The maximum absolute atomic E-state index is 11.8. The fraction of sp³-hybridized carbons (Fsp3) is 0.800. The van der Waals surface area contributed by atoms with Gasteiger partial charge in [0.2, 0.25) is 5.91 Å². The molecule has 1 heterocycles. The topological polar surface area (TPSA) is 145 Å². The van der Waals surface area contributed by atoms with Gasteiger partial charge in [-0.25, -0.2) is 0 Å². The monoisotopic (exact) mass is 463 g/mol. The summed E-state index contributed by atoms with van der Waals surface area (Å²) < 4.78 is 37.9. The zero-order valence-electron chi connectivity index (χ0n) is 19.1. The van der Waals surface area contributed by atoms with Crippen LogP contribution in [0, 0.1) is 0 Å². The van der Waals surface area contributed by atoms with Crippen LogP contribution >= 0.6 is 0 Å². The van der Waals surface area contributed by atoms with Crippen LogP contribution in [-0.2, 0) is 52.3 Å². The lowest BCUT2D eigenvalue weighted by atomic mass is 9.96. The zero-order valence-corrected chi connectivity index (χ0v) is 19.1. The van der Waals surface area contributed by atoms with E-state index >= 15 is 0 Å². The number of ether oxygens (including phenoxy) is 7. The van der Waals surface area contributed by atoms with Crippen LogP contribution in [0.1, 0.15) is 34.6 Å². The van der Waals surface area contributed by atoms with Crippen LogP contribution in [0.4, 0.5) is 0 Å². The molecule has 1 rings (SSSR count). The molecule has 0 aromatic heterocycles. The molecule has 0 aromatic rings. The Morgan fingerprint density at radius 3 is 1.97 bits per heavy atom. The minimum absolute atomic E-state index is 0.0815. The van der Waals surface area contributed by atoms with E-state index in [0.717, 1.165) is 0 Å². The highest BCUT2D eigenvalue weighted by Gasteiger charge is 2.51. The van der Waals surface area contributed by atoms with Crippen molar-refractivity contribution in [3.63, 3.8) is 0 Å². The smallest absolute Gasteiger partial charge is 0.303 e. The normalized spacial score (nSPS) is 25.0. The highest BCUT2D eigenvalue weighted by molar-refractivity contribution is 5.73. The van der Waals surface area contributed by atoms with Crippen LogP contribution in [0.2, 0.25) is 0 Å². The van der Waals surface area contributed by atoms with E-state index in [9.17, 15) is 19.2 Å². The first kappa shape index (κ1) is 27.8. The van der Waals surface area contributed by atoms with Crippen molar-refractivity contribution in [2.24, 2.45) is 0 Å². The van der Waals surface area contributed by atoms with Gasteiger partial charge in [0.1, 0.15) is 18.8 Å². The summed E-state index contributed by atoms with van der Waals surface area (Å²) in [7, 11) is 0. The van der Waals surface area contributed by atoms with Crippen LogP contribution < -0.4 is 5.32 Å². The van der Waals surface area contributed by atoms with Gasteiger partial charge in [0.15, 0.2) is 18.5 Å². The number of hydrogen-bond donors (Lipinski definition) is 1. The summed E-state index contributed by atoms with van der Waals surface area (Å²) >= 11 is 0. The summed E-state index contributed by atoms with van der Waals surface area (Å²) in [5, 5.41) is 2.62. The van der Waals surface area contributed by atoms with Crippen LogP contribution in [0.25, 0.3) is 0 Å². The molecular formula is C20H33NO11. The fourth-order valence-corrected chi connectivity index (χ4v) is 3.02. The van der Waals surface area contributed by atoms with Crippen LogP contribution in [-0.4, -0.2) is 94.1 Å². The minimum Gasteiger partial charge on any atom is -0.463 e. The third-order valence-electron chi connectivity index (χ3n) is 4.16. The third-order valence-corrected chi connectivity index (χ3v) is 4.16. The summed E-state index contributed by atoms with van der Waals surface area (Å²) in [5.41, 5.74) is 0. The van der Waals surface area contributed by atoms with Gasteiger partial charge in [-0.3, -0.25) is 19.2 Å². The second-order valence-electron chi connectivity index (χ2n) is 6.90. The summed E-state index contributed by atoms with van der Waals surface area (Å²) in [6.45, 7) is 8.09. The number of amides is 1. The number of esters is 3. The van der Waals surface area contributed by atoms with Gasteiger partial charge >= 0.3 is 17.9 Å². The predicted molar refractivity (Wildman–Crippen MR) is 107 cm³/mol. The van der Waals surface area contributed by atoms with Crippen LogP contribution in [0.5, 0.6) is 0 Å². The lowest BCUT2D eigenvalue weighted by Gasteiger charge is -2.44. The molecule has 0 aliphatic carbocycles. The van der Waals surface area contributed by atoms with Crippen molar-refractivity contribution in [2.45, 2.75) is 65.3 Å². The average Bonchev–Trinajstić information content (AvgIpc) is 2.68. The summed E-state index contributed by atoms with van der Waals surface area (Å²) in [5.74, 6) is -2.37. The van der Waals surface area contributed by atoms with Crippen molar-refractivity contribution in [3.8, 4) is 0 Å². The van der Waals surface area contributed by atoms with Crippen molar-refractivity contribution < 1.29 is 52.3 Å². The minimum atomic E-state index is -1.16. The van der Waals surface area contributed by atoms with Gasteiger partial charge in [-0.2, -0.15) is 0 Å². The molecule has 0 radical (unpaired) electrons. The van der Waals surface area contributed by atoms with E-state index in [1.165, 1.54) is 27.7 Å². The molecule has 0 spiro atoms. The molecule has 1 aliphatic heterocycles. The number of nitrogens with one attached hydrogen (secondary N) is 1. The highest BCUT2D eigenvalue weighted by Crippen LogP contribution is 2.28. The van der Waals surface area contributed by atoms with Gasteiger partial charge in [0.25, 0.3) is 0 Å². The largest absolute Gasteiger partial charge is 0.463 e. The van der Waals surface area contributed by atoms with Gasteiger partial charge in [0.05, 0.1) is 26.4 Å². The summed E-state index contributed by atoms with van der Waals surface area (Å²) in [4.78, 5) is 46.6. The SMILES string of the molecule is CCOCCOCCO[C@@H]1O[C@H](COC(C)=O)[C@H](OC(C)=O)[C@H](OC(C)=O)[C@H]1NC(C)=O. The lowest BCUT2D eigenvalue weighted by Crippen LogP contribution is -2.66. The van der Waals surface area contributed by atoms with Gasteiger partial charge in [-0.1, -0.05) is 0 Å². The Morgan fingerprint density at radius 1 is 0.812 bits per heavy atom. The number of hydrogen-bond acceptors (Lipinski definition) is 11. The van der Waals surface area contributed by atoms with E-state index < -0.39 is 54.5 Å². The highest BCUT2D eigenvalue weighted by atomic mass is 16.7. The average molecular weight is 463 g/mol. The van der Waals surface area contributed by atoms with E-state index in [1.54, 1.807) is 0 Å². The first-order chi connectivity index (χ1) is 15.1. The molecule has 0 aromatic carbocycles. The molecule has 0 unspecified atom stereocenters. The molecule has 32 heavy (non-hydrogen) atoms. The van der Waals surface area contributed by atoms with Gasteiger partial charge in [0, 0.05) is 34.3 Å². The Morgan fingerprint density at radius 2 is 1.41 bits per heavy atom. The molecule has 1 fully saturated rings. The standard InChI is InChI=1S/C20H33NO11/c1-6-26-7-8-27-9-10-28-20-17(21-12(2)22)19(31-15(5)25)18(30-14(4)24)16(32-20)11-29-13(3)23/h16-20H,6-11H2,1-5H3,(H,21,22)/t16-,17-,18+,19-,20-/m1/s1. The fourth-order valence-electron chi connectivity index (χ4n) is 3.02. The Kier molecular flexibility index (Phi) is 12.8. The molecule has 1 saturated heterocycles. The molecule has 5 atom stereocenters. The second kappa shape index (κ2) is 14.7. The van der Waals surface area contributed by atoms with Crippen LogP contribution in [0.3, 0.4) is 0 Å². The molecule has 184 valence electrons. The van der Waals surface area contributed by atoms with E-state index in [-0.39, 0.29) is 19.8 Å². The first-order valence-electron chi connectivity index (χ1n) is 10.3. The van der Waals surface area contributed by atoms with E-state index in [0.29, 0.717) is 19.8 Å².